The molecule has 0 amide bonds. The number of hydrogen-bond donors (Lipinski definition) is 1. The summed E-state index contributed by atoms with van der Waals surface area (Å²) in [5.74, 6) is 0.662. The molecule has 35 heavy (non-hydrogen) atoms. The number of pyridine rings is 1. The van der Waals surface area contributed by atoms with Crippen molar-refractivity contribution in [1.29, 1.82) is 0 Å². The Kier molecular flexibility index (Phi) is 7.18. The van der Waals surface area contributed by atoms with Gasteiger partial charge in [0.25, 0.3) is 0 Å². The summed E-state index contributed by atoms with van der Waals surface area (Å²) < 4.78 is 6.29. The Hall–Kier alpha value is -2.92. The number of nitrogens with zero attached hydrogens (tertiary/aromatic N) is 1. The molecule has 0 spiro atoms. The number of benzene rings is 3. The van der Waals surface area contributed by atoms with Crippen molar-refractivity contribution in [1.82, 2.24) is 4.98 Å². The second-order valence-electron chi connectivity index (χ2n) is 9.61. The highest BCUT2D eigenvalue weighted by Gasteiger charge is 2.29. The number of aromatic nitrogens is 1. The first-order chi connectivity index (χ1) is 16.5. The van der Waals surface area contributed by atoms with Crippen LogP contribution < -0.4 is 5.32 Å². The van der Waals surface area contributed by atoms with Crippen molar-refractivity contribution in [3.05, 3.63) is 87.9 Å². The number of aryl methyl sites for hydroxylation is 1. The van der Waals surface area contributed by atoms with Gasteiger partial charge in [0.1, 0.15) is 11.9 Å². The van der Waals surface area contributed by atoms with Crippen LogP contribution in [0.1, 0.15) is 44.9 Å². The third-order valence-corrected chi connectivity index (χ3v) is 6.10. The molecule has 0 radical (unpaired) electrons. The van der Waals surface area contributed by atoms with Gasteiger partial charge in [-0.3, -0.25) is 4.79 Å². The summed E-state index contributed by atoms with van der Waals surface area (Å²) in [4.78, 5) is 17.7. The number of ether oxygens (including phenoxy) is 1. The molecule has 0 unspecified atom stereocenters. The maximum atomic E-state index is 12.8. The molecule has 0 aliphatic carbocycles. The maximum absolute atomic E-state index is 12.8. The highest BCUT2D eigenvalue weighted by molar-refractivity contribution is 6.31. The minimum absolute atomic E-state index is 0.0495. The van der Waals surface area contributed by atoms with Crippen molar-refractivity contribution in [2.45, 2.75) is 46.3 Å². The Morgan fingerprint density at radius 1 is 0.943 bits per heavy atom. The fourth-order valence-electron chi connectivity index (χ4n) is 4.14. The van der Waals surface area contributed by atoms with Crippen LogP contribution in [0.15, 0.2) is 66.7 Å². The lowest BCUT2D eigenvalue weighted by atomic mass is 9.87. The van der Waals surface area contributed by atoms with Gasteiger partial charge in [-0.1, -0.05) is 35.3 Å². The van der Waals surface area contributed by atoms with Crippen LogP contribution in [-0.4, -0.2) is 16.4 Å². The van der Waals surface area contributed by atoms with Gasteiger partial charge in [0.15, 0.2) is 5.78 Å². The van der Waals surface area contributed by atoms with Crippen molar-refractivity contribution >= 4 is 51.4 Å². The fourth-order valence-corrected chi connectivity index (χ4v) is 4.39. The predicted octanol–water partition coefficient (Wildman–Crippen LogP) is 8.71. The standard InChI is InChI=1S/C29H28Cl2N2O2/c1-17-16-24-23(14-15-25(33-24)32-22-12-10-21(31)11-13-22)27(19-6-8-20(30)9-7-19)26(17)28(18(2)34)35-29(3,4)5/h6-16,28H,1-5H3,(H,32,33)/t28-/m1/s1. The minimum Gasteiger partial charge on any atom is -0.360 e. The van der Waals surface area contributed by atoms with Crippen LogP contribution in [0.25, 0.3) is 22.0 Å². The maximum Gasteiger partial charge on any atom is 0.163 e. The van der Waals surface area contributed by atoms with E-state index < -0.39 is 11.7 Å². The summed E-state index contributed by atoms with van der Waals surface area (Å²) in [6, 6.07) is 21.1. The lowest BCUT2D eigenvalue weighted by Crippen LogP contribution is -2.27. The van der Waals surface area contributed by atoms with E-state index in [2.05, 4.69) is 5.32 Å². The molecule has 0 aliphatic rings. The van der Waals surface area contributed by atoms with Crippen LogP contribution in [0, 0.1) is 6.92 Å². The highest BCUT2D eigenvalue weighted by Crippen LogP contribution is 2.41. The number of halogens is 2. The molecule has 1 N–H and O–H groups in total. The number of carbonyl (C=O) groups excluding carboxylic acids is 1. The highest BCUT2D eigenvalue weighted by atomic mass is 35.5. The molecule has 0 aliphatic heterocycles. The van der Waals surface area contributed by atoms with Crippen LogP contribution in [-0.2, 0) is 9.53 Å². The Balaban J connectivity index is 1.92. The first-order valence-electron chi connectivity index (χ1n) is 11.4. The quantitative estimate of drug-likeness (QED) is 0.284. The minimum atomic E-state index is -0.711. The Morgan fingerprint density at radius 3 is 2.11 bits per heavy atom. The van der Waals surface area contributed by atoms with Crippen molar-refractivity contribution in [3.63, 3.8) is 0 Å². The second kappa shape index (κ2) is 9.98. The molecule has 4 aromatic rings. The Labute approximate surface area is 216 Å². The largest absolute Gasteiger partial charge is 0.360 e. The van der Waals surface area contributed by atoms with Crippen LogP contribution in [0.3, 0.4) is 0 Å². The lowest BCUT2D eigenvalue weighted by Gasteiger charge is -2.29. The van der Waals surface area contributed by atoms with Gasteiger partial charge >= 0.3 is 0 Å². The van der Waals surface area contributed by atoms with E-state index in [0.29, 0.717) is 15.9 Å². The average molecular weight is 507 g/mol. The number of ketones is 1. The van der Waals surface area contributed by atoms with Crippen molar-refractivity contribution in [2.75, 3.05) is 5.32 Å². The molecule has 0 bridgehead atoms. The monoisotopic (exact) mass is 506 g/mol. The summed E-state index contributed by atoms with van der Waals surface area (Å²) in [5.41, 5.74) is 4.86. The zero-order valence-electron chi connectivity index (χ0n) is 20.4. The summed E-state index contributed by atoms with van der Waals surface area (Å²) in [7, 11) is 0. The molecule has 6 heteroatoms. The molecule has 1 aromatic heterocycles. The predicted molar refractivity (Wildman–Crippen MR) is 146 cm³/mol. The molecule has 4 rings (SSSR count). The average Bonchev–Trinajstić information content (AvgIpc) is 2.78. The van der Waals surface area contributed by atoms with Crippen molar-refractivity contribution < 1.29 is 9.53 Å². The van der Waals surface area contributed by atoms with E-state index >= 15 is 0 Å². The number of fused-ring (bicyclic) bond motifs is 1. The van der Waals surface area contributed by atoms with Gasteiger partial charge in [-0.25, -0.2) is 4.98 Å². The number of rotatable bonds is 6. The van der Waals surface area contributed by atoms with Gasteiger partial charge < -0.3 is 10.1 Å². The summed E-state index contributed by atoms with van der Waals surface area (Å²) >= 11 is 12.2. The topological polar surface area (TPSA) is 51.2 Å². The lowest BCUT2D eigenvalue weighted by molar-refractivity contribution is -0.138. The van der Waals surface area contributed by atoms with Crippen molar-refractivity contribution in [2.24, 2.45) is 0 Å². The van der Waals surface area contributed by atoms with E-state index in [1.165, 1.54) is 0 Å². The molecular weight excluding hydrogens is 479 g/mol. The summed E-state index contributed by atoms with van der Waals surface area (Å²) in [5, 5.41) is 5.58. The number of anilines is 2. The molecule has 0 saturated heterocycles. The normalized spacial score (nSPS) is 12.5. The smallest absolute Gasteiger partial charge is 0.163 e. The van der Waals surface area contributed by atoms with Gasteiger partial charge in [0.2, 0.25) is 0 Å². The van der Waals surface area contributed by atoms with Gasteiger partial charge in [0, 0.05) is 21.1 Å². The number of nitrogens with one attached hydrogen (secondary N) is 1. The van der Waals surface area contributed by atoms with E-state index in [4.69, 9.17) is 32.9 Å². The van der Waals surface area contributed by atoms with E-state index in [-0.39, 0.29) is 5.78 Å². The van der Waals surface area contributed by atoms with Gasteiger partial charge in [-0.05, 0) is 111 Å². The van der Waals surface area contributed by atoms with Gasteiger partial charge in [-0.15, -0.1) is 0 Å². The van der Waals surface area contributed by atoms with E-state index in [9.17, 15) is 4.79 Å². The van der Waals surface area contributed by atoms with E-state index in [0.717, 1.165) is 38.8 Å². The molecule has 3 aromatic carbocycles. The van der Waals surface area contributed by atoms with E-state index in [1.807, 2.05) is 94.4 Å². The SMILES string of the molecule is CC(=O)[C@@H](OC(C)(C)C)c1c(C)cc2nc(Nc3ccc(Cl)cc3)ccc2c1-c1ccc(Cl)cc1. The number of hydrogen-bond acceptors (Lipinski definition) is 4. The van der Waals surface area contributed by atoms with E-state index in [1.54, 1.807) is 6.92 Å². The number of Topliss-reactive ketones (excluding diaryl/α,β-unsaturated/α-hetero) is 1. The molecule has 4 nitrogen and oxygen atoms in total. The third-order valence-electron chi connectivity index (χ3n) is 5.59. The fraction of sp³-hybridized carbons (Fsp3) is 0.241. The van der Waals surface area contributed by atoms with Crippen molar-refractivity contribution in [3.8, 4) is 11.1 Å². The Morgan fingerprint density at radius 2 is 1.54 bits per heavy atom. The zero-order valence-corrected chi connectivity index (χ0v) is 22.0. The van der Waals surface area contributed by atoms with Gasteiger partial charge in [-0.2, -0.15) is 0 Å². The van der Waals surface area contributed by atoms with Crippen LogP contribution in [0.5, 0.6) is 0 Å². The molecule has 0 fully saturated rings. The Bertz CT molecular complexity index is 1380. The first kappa shape index (κ1) is 25.2. The number of carbonyl (C=O) groups is 1. The summed E-state index contributed by atoms with van der Waals surface area (Å²) in [6.45, 7) is 9.44. The molecule has 180 valence electrons. The molecule has 1 heterocycles. The van der Waals surface area contributed by atoms with Crippen LogP contribution in [0.4, 0.5) is 11.5 Å². The first-order valence-corrected chi connectivity index (χ1v) is 12.2. The molecule has 0 saturated carbocycles. The molecule has 1 atom stereocenters. The van der Waals surface area contributed by atoms with Crippen LogP contribution >= 0.6 is 23.2 Å². The summed E-state index contributed by atoms with van der Waals surface area (Å²) in [6.07, 6.45) is -0.711. The zero-order chi connectivity index (χ0) is 25.3. The van der Waals surface area contributed by atoms with Crippen LogP contribution in [0.2, 0.25) is 10.0 Å². The molecular formula is C29H28Cl2N2O2. The third kappa shape index (κ3) is 5.84. The second-order valence-corrected chi connectivity index (χ2v) is 10.5. The van der Waals surface area contributed by atoms with Gasteiger partial charge in [0.05, 0.1) is 11.1 Å².